The molecule has 2 aromatic rings. The Morgan fingerprint density at radius 3 is 2.72 bits per heavy atom. The maximum Gasteiger partial charge on any atom is 0.228 e. The predicted octanol–water partition coefficient (Wildman–Crippen LogP) is 3.60. The lowest BCUT2D eigenvalue weighted by Crippen LogP contribution is -2.15. The topological polar surface area (TPSA) is 58.6 Å². The largest absolute Gasteiger partial charge is 0.494 e. The monoisotopic (exact) mass is 347 g/mol. The van der Waals surface area contributed by atoms with Crippen molar-refractivity contribution in [2.45, 2.75) is 25.9 Å². The number of carbonyl (C=O) groups is 1. The molecule has 0 radical (unpaired) electrons. The highest BCUT2D eigenvalue weighted by molar-refractivity contribution is 5.95. The third kappa shape index (κ3) is 3.79. The number of amides is 1. The highest BCUT2D eigenvalue weighted by Crippen LogP contribution is 2.48. The minimum absolute atomic E-state index is 0.102. The quantitative estimate of drug-likeness (QED) is 0.839. The summed E-state index contributed by atoms with van der Waals surface area (Å²) < 4.78 is 31.7. The Morgan fingerprint density at radius 2 is 2.04 bits per heavy atom. The number of rotatable bonds is 6. The number of nitrogens with one attached hydrogen (secondary N) is 1. The van der Waals surface area contributed by atoms with Crippen molar-refractivity contribution in [3.05, 3.63) is 59.2 Å². The van der Waals surface area contributed by atoms with Gasteiger partial charge >= 0.3 is 0 Å². The molecule has 1 fully saturated rings. The molecule has 1 saturated carbocycles. The average Bonchev–Trinajstić information content (AvgIpc) is 3.39. The van der Waals surface area contributed by atoms with Crippen LogP contribution in [0.15, 0.2) is 36.4 Å². The third-order valence-corrected chi connectivity index (χ3v) is 4.30. The fraction of sp³-hybridized carbons (Fsp3) is 0.316. The Kier molecular flexibility index (Phi) is 4.99. The van der Waals surface area contributed by atoms with Crippen molar-refractivity contribution >= 4 is 11.6 Å². The van der Waals surface area contributed by atoms with Gasteiger partial charge in [-0.3, -0.25) is 4.79 Å². The van der Waals surface area contributed by atoms with Crippen LogP contribution in [0.5, 0.6) is 5.75 Å². The third-order valence-electron chi connectivity index (χ3n) is 4.30. The van der Waals surface area contributed by atoms with Gasteiger partial charge in [0.2, 0.25) is 5.91 Å². The summed E-state index contributed by atoms with van der Waals surface area (Å²) in [6, 6.07) is 8.81. The summed E-state index contributed by atoms with van der Waals surface area (Å²) >= 11 is 0. The Morgan fingerprint density at radius 1 is 1.24 bits per heavy atom. The van der Waals surface area contributed by atoms with Crippen molar-refractivity contribution in [1.29, 1.82) is 0 Å². The number of carbonyl (C=O) groups excluding carboxylic acids is 1. The van der Waals surface area contributed by atoms with Crippen LogP contribution in [-0.2, 0) is 11.4 Å². The zero-order valence-corrected chi connectivity index (χ0v) is 13.8. The molecule has 4 nitrogen and oxygen atoms in total. The summed E-state index contributed by atoms with van der Waals surface area (Å²) in [5.74, 6) is -1.76. The summed E-state index contributed by atoms with van der Waals surface area (Å²) in [5.41, 5.74) is 1.78. The Hall–Kier alpha value is -2.47. The molecule has 2 atom stereocenters. The second-order valence-corrected chi connectivity index (χ2v) is 6.03. The van der Waals surface area contributed by atoms with Gasteiger partial charge in [-0.2, -0.15) is 0 Å². The van der Waals surface area contributed by atoms with Gasteiger partial charge in [0.15, 0.2) is 11.6 Å². The van der Waals surface area contributed by atoms with E-state index in [-0.39, 0.29) is 24.3 Å². The lowest BCUT2D eigenvalue weighted by molar-refractivity contribution is -0.117. The smallest absolute Gasteiger partial charge is 0.228 e. The minimum Gasteiger partial charge on any atom is -0.494 e. The predicted molar refractivity (Wildman–Crippen MR) is 89.4 cm³/mol. The van der Waals surface area contributed by atoms with E-state index in [1.165, 1.54) is 6.07 Å². The highest BCUT2D eigenvalue weighted by atomic mass is 19.2. The van der Waals surface area contributed by atoms with E-state index in [1.807, 2.05) is 6.92 Å². The van der Waals surface area contributed by atoms with E-state index in [4.69, 9.17) is 4.74 Å². The summed E-state index contributed by atoms with van der Waals surface area (Å²) in [6.07, 6.45) is 0.598. The van der Waals surface area contributed by atoms with E-state index in [0.717, 1.165) is 12.1 Å². The fourth-order valence-corrected chi connectivity index (χ4v) is 2.91. The molecule has 3 rings (SSSR count). The molecule has 0 bridgehead atoms. The molecule has 132 valence electrons. The SMILES string of the molecule is CCOc1ccc(NC(=O)C2CC2c2ccc(F)c(F)c2)cc1CO. The number of halogens is 2. The van der Waals surface area contributed by atoms with Gasteiger partial charge in [0.25, 0.3) is 0 Å². The van der Waals surface area contributed by atoms with Gasteiger partial charge in [0.1, 0.15) is 5.75 Å². The van der Waals surface area contributed by atoms with Crippen LogP contribution in [0.4, 0.5) is 14.5 Å². The number of anilines is 1. The Bertz CT molecular complexity index is 794. The molecule has 1 aliphatic rings. The zero-order valence-electron chi connectivity index (χ0n) is 13.8. The molecule has 6 heteroatoms. The van der Waals surface area contributed by atoms with Gasteiger partial charge in [0, 0.05) is 17.2 Å². The van der Waals surface area contributed by atoms with E-state index in [2.05, 4.69) is 5.32 Å². The van der Waals surface area contributed by atoms with Crippen molar-refractivity contribution < 1.29 is 23.4 Å². The first-order valence-corrected chi connectivity index (χ1v) is 8.16. The summed E-state index contributed by atoms with van der Waals surface area (Å²) in [5, 5.41) is 12.2. The first-order chi connectivity index (χ1) is 12.0. The Balaban J connectivity index is 1.66. The molecule has 1 aliphatic carbocycles. The Labute approximate surface area is 144 Å². The number of aliphatic hydroxyl groups is 1. The number of benzene rings is 2. The molecule has 2 aromatic carbocycles. The first kappa shape index (κ1) is 17.4. The molecule has 2 unspecified atom stereocenters. The summed E-state index contributed by atoms with van der Waals surface area (Å²) in [6.45, 7) is 2.14. The zero-order chi connectivity index (χ0) is 18.0. The minimum atomic E-state index is -0.900. The number of hydrogen-bond donors (Lipinski definition) is 2. The first-order valence-electron chi connectivity index (χ1n) is 8.16. The van der Waals surface area contributed by atoms with Crippen LogP contribution in [0, 0.1) is 17.6 Å². The number of ether oxygens (including phenoxy) is 1. The normalized spacial score (nSPS) is 18.7. The molecular weight excluding hydrogens is 328 g/mol. The van der Waals surface area contributed by atoms with Crippen molar-refractivity contribution in [2.75, 3.05) is 11.9 Å². The van der Waals surface area contributed by atoms with Crippen LogP contribution >= 0.6 is 0 Å². The molecule has 25 heavy (non-hydrogen) atoms. The van der Waals surface area contributed by atoms with Crippen LogP contribution < -0.4 is 10.1 Å². The van der Waals surface area contributed by atoms with Gasteiger partial charge in [-0.15, -0.1) is 0 Å². The molecule has 0 spiro atoms. The average molecular weight is 347 g/mol. The highest BCUT2D eigenvalue weighted by Gasteiger charge is 2.44. The van der Waals surface area contributed by atoms with Gasteiger partial charge in [0.05, 0.1) is 13.2 Å². The summed E-state index contributed by atoms with van der Waals surface area (Å²) in [4.78, 5) is 12.3. The fourth-order valence-electron chi connectivity index (χ4n) is 2.91. The van der Waals surface area contributed by atoms with Crippen molar-refractivity contribution in [1.82, 2.24) is 0 Å². The second-order valence-electron chi connectivity index (χ2n) is 6.03. The van der Waals surface area contributed by atoms with Crippen molar-refractivity contribution in [2.24, 2.45) is 5.92 Å². The molecule has 0 heterocycles. The molecule has 0 aromatic heterocycles. The van der Waals surface area contributed by atoms with E-state index < -0.39 is 11.6 Å². The lowest BCUT2D eigenvalue weighted by Gasteiger charge is -2.11. The molecule has 0 aliphatic heterocycles. The second kappa shape index (κ2) is 7.19. The van der Waals surface area contributed by atoms with Crippen LogP contribution in [0.1, 0.15) is 30.4 Å². The number of aliphatic hydroxyl groups excluding tert-OH is 1. The maximum absolute atomic E-state index is 13.3. The maximum atomic E-state index is 13.3. The van der Waals surface area contributed by atoms with Crippen LogP contribution in [-0.4, -0.2) is 17.6 Å². The molecule has 2 N–H and O–H groups in total. The lowest BCUT2D eigenvalue weighted by atomic mass is 10.1. The van der Waals surface area contributed by atoms with Crippen LogP contribution in [0.2, 0.25) is 0 Å². The van der Waals surface area contributed by atoms with E-state index in [1.54, 1.807) is 18.2 Å². The summed E-state index contributed by atoms with van der Waals surface area (Å²) in [7, 11) is 0. The van der Waals surface area contributed by atoms with Gasteiger partial charge < -0.3 is 15.2 Å². The van der Waals surface area contributed by atoms with Gasteiger partial charge in [-0.05, 0) is 55.2 Å². The van der Waals surface area contributed by atoms with E-state index in [0.29, 0.717) is 35.6 Å². The number of hydrogen-bond acceptors (Lipinski definition) is 3. The van der Waals surface area contributed by atoms with Crippen LogP contribution in [0.3, 0.4) is 0 Å². The molecule has 0 saturated heterocycles. The molecular formula is C19H19F2NO3. The van der Waals surface area contributed by atoms with Gasteiger partial charge in [-0.25, -0.2) is 8.78 Å². The van der Waals surface area contributed by atoms with E-state index in [9.17, 15) is 18.7 Å². The van der Waals surface area contributed by atoms with Crippen LogP contribution in [0.25, 0.3) is 0 Å². The van der Waals surface area contributed by atoms with Crippen molar-refractivity contribution in [3.8, 4) is 5.75 Å². The molecule has 1 amide bonds. The van der Waals surface area contributed by atoms with Gasteiger partial charge in [-0.1, -0.05) is 6.07 Å². The van der Waals surface area contributed by atoms with Crippen molar-refractivity contribution in [3.63, 3.8) is 0 Å². The standard InChI is InChI=1S/C19H19F2NO3/c1-2-25-18-6-4-13(7-12(18)10-23)22-19(24)15-9-14(15)11-3-5-16(20)17(21)8-11/h3-8,14-15,23H,2,9-10H2,1H3,(H,22,24). The van der Waals surface area contributed by atoms with E-state index >= 15 is 0 Å².